The van der Waals surface area contributed by atoms with Gasteiger partial charge in [-0.15, -0.1) is 11.6 Å². The molecule has 1 N–H and O–H groups in total. The van der Waals surface area contributed by atoms with E-state index in [4.69, 9.17) is 34.8 Å². The molecule has 1 amide bonds. The van der Waals surface area contributed by atoms with Crippen molar-refractivity contribution < 1.29 is 4.79 Å². The molecule has 5 heteroatoms. The van der Waals surface area contributed by atoms with Gasteiger partial charge in [-0.1, -0.05) is 36.2 Å². The molecule has 2 nitrogen and oxygen atoms in total. The first-order valence-corrected chi connectivity index (χ1v) is 6.55. The lowest BCUT2D eigenvalue weighted by molar-refractivity contribution is 0.0912. The van der Waals surface area contributed by atoms with Gasteiger partial charge in [0.1, 0.15) is 0 Å². The highest BCUT2D eigenvalue weighted by Gasteiger charge is 2.25. The van der Waals surface area contributed by atoms with Crippen molar-refractivity contribution in [3.63, 3.8) is 0 Å². The highest BCUT2D eigenvalue weighted by Crippen LogP contribution is 2.25. The number of benzene rings is 1. The molecule has 1 unspecified atom stereocenters. The van der Waals surface area contributed by atoms with Crippen molar-refractivity contribution in [2.75, 3.05) is 5.88 Å². The first kappa shape index (κ1) is 14.6. The minimum Gasteiger partial charge on any atom is -0.346 e. The molecule has 0 aliphatic heterocycles. The van der Waals surface area contributed by atoms with Crippen LogP contribution >= 0.6 is 34.8 Å². The van der Waals surface area contributed by atoms with E-state index in [-0.39, 0.29) is 5.91 Å². The highest BCUT2D eigenvalue weighted by atomic mass is 35.5. The van der Waals surface area contributed by atoms with Gasteiger partial charge in [0.2, 0.25) is 0 Å². The molecule has 0 heterocycles. The minimum atomic E-state index is -0.457. The van der Waals surface area contributed by atoms with Gasteiger partial charge in [0.25, 0.3) is 5.91 Å². The lowest BCUT2D eigenvalue weighted by atomic mass is 10.0. The number of alkyl halides is 1. The number of carbonyl (C=O) groups excluding carboxylic acids is 1. The standard InChI is InChI=1S/C12H14Cl3NO/c1-3-12(2,7-13)16-11(17)10-8(14)5-4-6-9(10)15/h4-6H,3,7H2,1-2H3,(H,16,17). The second-order valence-electron chi connectivity index (χ2n) is 4.10. The molecule has 1 aromatic carbocycles. The smallest absolute Gasteiger partial charge is 0.254 e. The number of halogens is 3. The summed E-state index contributed by atoms with van der Waals surface area (Å²) >= 11 is 17.8. The second-order valence-corrected chi connectivity index (χ2v) is 5.18. The molecule has 0 aromatic heterocycles. The molecular formula is C12H14Cl3NO. The van der Waals surface area contributed by atoms with Crippen LogP contribution in [-0.2, 0) is 0 Å². The Hall–Kier alpha value is -0.440. The third-order valence-electron chi connectivity index (χ3n) is 2.68. The van der Waals surface area contributed by atoms with Gasteiger partial charge in [-0.25, -0.2) is 0 Å². The van der Waals surface area contributed by atoms with Crippen LogP contribution in [-0.4, -0.2) is 17.3 Å². The molecule has 0 saturated carbocycles. The summed E-state index contributed by atoms with van der Waals surface area (Å²) in [4.78, 5) is 12.1. The zero-order chi connectivity index (χ0) is 13.1. The lowest BCUT2D eigenvalue weighted by Crippen LogP contribution is -2.47. The van der Waals surface area contributed by atoms with Crippen LogP contribution in [0.1, 0.15) is 30.6 Å². The number of rotatable bonds is 4. The van der Waals surface area contributed by atoms with Gasteiger partial charge >= 0.3 is 0 Å². The fourth-order valence-corrected chi connectivity index (χ4v) is 2.09. The number of carbonyl (C=O) groups is 1. The number of nitrogens with one attached hydrogen (secondary N) is 1. The van der Waals surface area contributed by atoms with Crippen molar-refractivity contribution in [1.82, 2.24) is 5.32 Å². The number of hydrogen-bond donors (Lipinski definition) is 1. The van der Waals surface area contributed by atoms with E-state index in [1.165, 1.54) is 0 Å². The first-order chi connectivity index (χ1) is 7.93. The normalized spacial score (nSPS) is 14.2. The van der Waals surface area contributed by atoms with Gasteiger partial charge in [0.15, 0.2) is 0 Å². The quantitative estimate of drug-likeness (QED) is 0.831. The van der Waals surface area contributed by atoms with E-state index in [0.717, 1.165) is 6.42 Å². The predicted molar refractivity (Wildman–Crippen MR) is 73.3 cm³/mol. The monoisotopic (exact) mass is 293 g/mol. The van der Waals surface area contributed by atoms with E-state index in [9.17, 15) is 4.79 Å². The fourth-order valence-electron chi connectivity index (χ4n) is 1.27. The zero-order valence-electron chi connectivity index (χ0n) is 9.69. The van der Waals surface area contributed by atoms with Crippen LogP contribution in [0.3, 0.4) is 0 Å². The third-order valence-corrected chi connectivity index (χ3v) is 3.90. The van der Waals surface area contributed by atoms with Crippen molar-refractivity contribution in [1.29, 1.82) is 0 Å². The molecule has 0 bridgehead atoms. The Bertz CT molecular complexity index is 396. The SMILES string of the molecule is CCC(C)(CCl)NC(=O)c1c(Cl)cccc1Cl. The van der Waals surface area contributed by atoms with Crippen LogP contribution in [0.4, 0.5) is 0 Å². The molecule has 0 aliphatic carbocycles. The lowest BCUT2D eigenvalue weighted by Gasteiger charge is -2.27. The van der Waals surface area contributed by atoms with E-state index in [2.05, 4.69) is 5.32 Å². The summed E-state index contributed by atoms with van der Waals surface area (Å²) in [7, 11) is 0. The topological polar surface area (TPSA) is 29.1 Å². The summed E-state index contributed by atoms with van der Waals surface area (Å²) in [6, 6.07) is 4.96. The molecule has 0 fully saturated rings. The van der Waals surface area contributed by atoms with Crippen molar-refractivity contribution in [3.8, 4) is 0 Å². The van der Waals surface area contributed by atoms with E-state index >= 15 is 0 Å². The minimum absolute atomic E-state index is 0.292. The van der Waals surface area contributed by atoms with Crippen molar-refractivity contribution in [3.05, 3.63) is 33.8 Å². The first-order valence-electron chi connectivity index (χ1n) is 5.26. The average Bonchev–Trinajstić information content (AvgIpc) is 2.28. The third kappa shape index (κ3) is 3.51. The maximum absolute atomic E-state index is 12.1. The summed E-state index contributed by atoms with van der Waals surface area (Å²) < 4.78 is 0. The van der Waals surface area contributed by atoms with Gasteiger partial charge in [-0.3, -0.25) is 4.79 Å². The molecule has 1 aromatic rings. The van der Waals surface area contributed by atoms with Crippen LogP contribution in [0, 0.1) is 0 Å². The number of hydrogen-bond acceptors (Lipinski definition) is 1. The largest absolute Gasteiger partial charge is 0.346 e. The Labute approximate surface area is 116 Å². The van der Waals surface area contributed by atoms with Crippen molar-refractivity contribution in [2.45, 2.75) is 25.8 Å². The Kier molecular flexibility index (Phi) is 5.11. The Morgan fingerprint density at radius 2 is 1.88 bits per heavy atom. The molecular weight excluding hydrogens is 280 g/mol. The Morgan fingerprint density at radius 3 is 2.29 bits per heavy atom. The molecule has 0 aliphatic rings. The van der Waals surface area contributed by atoms with Crippen LogP contribution < -0.4 is 5.32 Å². The maximum atomic E-state index is 12.1. The second kappa shape index (κ2) is 5.94. The summed E-state index contributed by atoms with van der Waals surface area (Å²) in [6.07, 6.45) is 0.726. The summed E-state index contributed by atoms with van der Waals surface area (Å²) in [5.41, 5.74) is -0.165. The van der Waals surface area contributed by atoms with Gasteiger partial charge in [-0.2, -0.15) is 0 Å². The molecule has 17 heavy (non-hydrogen) atoms. The summed E-state index contributed by atoms with van der Waals surface area (Å²) in [5, 5.41) is 3.52. The van der Waals surface area contributed by atoms with Gasteiger partial charge < -0.3 is 5.32 Å². The number of amides is 1. The van der Waals surface area contributed by atoms with E-state index in [1.54, 1.807) is 18.2 Å². The molecule has 1 atom stereocenters. The molecule has 0 saturated heterocycles. The predicted octanol–water partition coefficient (Wildman–Crippen LogP) is 4.13. The molecule has 1 rings (SSSR count). The van der Waals surface area contributed by atoms with Gasteiger partial charge in [0.05, 0.1) is 21.1 Å². The maximum Gasteiger partial charge on any atom is 0.254 e. The van der Waals surface area contributed by atoms with Crippen LogP contribution in [0.25, 0.3) is 0 Å². The van der Waals surface area contributed by atoms with E-state index in [0.29, 0.717) is 21.5 Å². The van der Waals surface area contributed by atoms with Crippen LogP contribution in [0.5, 0.6) is 0 Å². The Morgan fingerprint density at radius 1 is 1.35 bits per heavy atom. The summed E-state index contributed by atoms with van der Waals surface area (Å²) in [6.45, 7) is 3.83. The molecule has 0 spiro atoms. The molecule has 0 radical (unpaired) electrons. The zero-order valence-corrected chi connectivity index (χ0v) is 12.0. The van der Waals surface area contributed by atoms with Gasteiger partial charge in [0, 0.05) is 5.88 Å². The van der Waals surface area contributed by atoms with Crippen molar-refractivity contribution >= 4 is 40.7 Å². The van der Waals surface area contributed by atoms with Crippen molar-refractivity contribution in [2.24, 2.45) is 0 Å². The van der Waals surface area contributed by atoms with Crippen LogP contribution in [0.2, 0.25) is 10.0 Å². The van der Waals surface area contributed by atoms with Crippen LogP contribution in [0.15, 0.2) is 18.2 Å². The van der Waals surface area contributed by atoms with Gasteiger partial charge in [-0.05, 0) is 25.5 Å². The average molecular weight is 295 g/mol. The highest BCUT2D eigenvalue weighted by molar-refractivity contribution is 6.39. The fraction of sp³-hybridized carbons (Fsp3) is 0.417. The van der Waals surface area contributed by atoms with E-state index < -0.39 is 5.54 Å². The Balaban J connectivity index is 2.98. The van der Waals surface area contributed by atoms with E-state index in [1.807, 2.05) is 13.8 Å². The summed E-state index contributed by atoms with van der Waals surface area (Å²) in [5.74, 6) is 0.0303. The molecule has 94 valence electrons.